The van der Waals surface area contributed by atoms with Gasteiger partial charge in [-0.15, -0.1) is 0 Å². The van der Waals surface area contributed by atoms with Crippen LogP contribution in [-0.4, -0.2) is 38.7 Å². The van der Waals surface area contributed by atoms with Gasteiger partial charge in [0.1, 0.15) is 0 Å². The highest BCUT2D eigenvalue weighted by Crippen LogP contribution is 2.35. The number of esters is 1. The summed E-state index contributed by atoms with van der Waals surface area (Å²) in [6, 6.07) is 24.0. The molecule has 42 heavy (non-hydrogen) atoms. The molecule has 2 N–H and O–H groups in total. The number of benzene rings is 3. The van der Waals surface area contributed by atoms with Crippen LogP contribution in [0, 0.1) is 0 Å². The van der Waals surface area contributed by atoms with Crippen LogP contribution in [0.4, 0.5) is 13.2 Å². The molecule has 10 heteroatoms. The fraction of sp³-hybridized carbons (Fsp3) is 0.156. The van der Waals surface area contributed by atoms with E-state index in [1.54, 1.807) is 12.3 Å². The molecule has 212 valence electrons. The molecule has 0 saturated heterocycles. The van der Waals surface area contributed by atoms with Crippen molar-refractivity contribution < 1.29 is 27.8 Å². The summed E-state index contributed by atoms with van der Waals surface area (Å²) in [5.74, 6) is -3.40. The summed E-state index contributed by atoms with van der Waals surface area (Å²) in [5.41, 5.74) is 6.29. The Morgan fingerprint density at radius 2 is 1.74 bits per heavy atom. The quantitative estimate of drug-likeness (QED) is 0.199. The number of halogens is 3. The third-order valence-corrected chi connectivity index (χ3v) is 7.28. The van der Waals surface area contributed by atoms with Crippen LogP contribution in [0.25, 0.3) is 33.3 Å². The lowest BCUT2D eigenvalue weighted by molar-refractivity contribution is -0.189. The molecule has 0 aliphatic carbocycles. The number of pyridine rings is 2. The number of hydrogen-bond donors (Lipinski definition) is 2. The Kier molecular flexibility index (Phi) is 6.99. The van der Waals surface area contributed by atoms with Crippen molar-refractivity contribution in [1.82, 2.24) is 14.9 Å². The number of fused-ring (bicyclic) bond motifs is 2. The van der Waals surface area contributed by atoms with Gasteiger partial charge in [-0.3, -0.25) is 9.69 Å². The van der Waals surface area contributed by atoms with E-state index in [9.17, 15) is 27.9 Å². The SMILES string of the molecule is O=C(Oc1cc2c(cc1O)CCN(Cc1ccc(-c3nc4cc[nH]c(=O)c4cc3-c3ccccc3)cc1)C2)C(F)(F)F. The van der Waals surface area contributed by atoms with Gasteiger partial charge in [0.2, 0.25) is 0 Å². The van der Waals surface area contributed by atoms with Crippen LogP contribution in [0.5, 0.6) is 11.5 Å². The van der Waals surface area contributed by atoms with Crippen LogP contribution in [0.15, 0.2) is 89.9 Å². The zero-order valence-electron chi connectivity index (χ0n) is 22.1. The Labute approximate surface area is 237 Å². The number of ether oxygens (including phenoxy) is 1. The van der Waals surface area contributed by atoms with E-state index in [-0.39, 0.29) is 5.56 Å². The molecule has 1 aliphatic heterocycles. The predicted molar refractivity (Wildman–Crippen MR) is 151 cm³/mol. The standard InChI is InChI=1S/C32H24F3N3O4/c33-32(34,35)31(41)42-28-15-23-18-38(13-11-22(23)14-27(28)39)17-19-6-8-21(9-7-19)29-24(20-4-2-1-3-5-20)16-25-26(37-29)10-12-36-30(25)40/h1-10,12,14-16,39H,11,13,17-18H2,(H,36,40). The monoisotopic (exact) mass is 571 g/mol. The Morgan fingerprint density at radius 1 is 0.976 bits per heavy atom. The lowest BCUT2D eigenvalue weighted by Crippen LogP contribution is -2.30. The van der Waals surface area contributed by atoms with Crippen LogP contribution in [0.3, 0.4) is 0 Å². The van der Waals surface area contributed by atoms with Crippen molar-refractivity contribution in [1.29, 1.82) is 0 Å². The predicted octanol–water partition coefficient (Wildman–Crippen LogP) is 5.99. The second kappa shape index (κ2) is 10.8. The molecule has 0 amide bonds. The number of alkyl halides is 3. The highest BCUT2D eigenvalue weighted by atomic mass is 19.4. The van der Waals surface area contributed by atoms with Crippen molar-refractivity contribution in [3.05, 3.63) is 112 Å². The molecule has 0 atom stereocenters. The maximum absolute atomic E-state index is 12.7. The van der Waals surface area contributed by atoms with Gasteiger partial charge in [-0.05, 0) is 52.9 Å². The van der Waals surface area contributed by atoms with Gasteiger partial charge < -0.3 is 14.8 Å². The highest BCUT2D eigenvalue weighted by Gasteiger charge is 2.42. The van der Waals surface area contributed by atoms with Gasteiger partial charge >= 0.3 is 12.1 Å². The molecule has 0 saturated carbocycles. The van der Waals surface area contributed by atoms with Gasteiger partial charge in [0.25, 0.3) is 5.56 Å². The van der Waals surface area contributed by atoms with E-state index in [1.165, 1.54) is 12.1 Å². The summed E-state index contributed by atoms with van der Waals surface area (Å²) in [6.45, 7) is 1.66. The van der Waals surface area contributed by atoms with Gasteiger partial charge in [0.15, 0.2) is 11.5 Å². The van der Waals surface area contributed by atoms with E-state index in [0.717, 1.165) is 33.5 Å². The second-order valence-electron chi connectivity index (χ2n) is 10.1. The molecule has 3 aromatic carbocycles. The number of phenols is 1. The number of nitrogens with zero attached hydrogens (tertiary/aromatic N) is 2. The van der Waals surface area contributed by atoms with Crippen molar-refractivity contribution in [2.24, 2.45) is 0 Å². The number of nitrogens with one attached hydrogen (secondary N) is 1. The molecule has 0 radical (unpaired) electrons. The number of aromatic amines is 1. The number of carbonyl (C=O) groups is 1. The first kappa shape index (κ1) is 27.2. The summed E-state index contributed by atoms with van der Waals surface area (Å²) in [7, 11) is 0. The molecule has 0 unspecified atom stereocenters. The largest absolute Gasteiger partial charge is 0.504 e. The molecule has 0 spiro atoms. The number of rotatable bonds is 5. The Balaban J connectivity index is 1.24. The minimum Gasteiger partial charge on any atom is -0.504 e. The zero-order valence-corrected chi connectivity index (χ0v) is 22.1. The number of hydrogen-bond acceptors (Lipinski definition) is 6. The summed E-state index contributed by atoms with van der Waals surface area (Å²) in [5, 5.41) is 10.6. The van der Waals surface area contributed by atoms with Gasteiger partial charge in [-0.2, -0.15) is 13.2 Å². The van der Waals surface area contributed by atoms with Crippen molar-refractivity contribution in [2.45, 2.75) is 25.7 Å². The molecular weight excluding hydrogens is 547 g/mol. The minimum absolute atomic E-state index is 0.206. The second-order valence-corrected chi connectivity index (χ2v) is 10.1. The lowest BCUT2D eigenvalue weighted by Gasteiger charge is -2.29. The summed E-state index contributed by atoms with van der Waals surface area (Å²) < 4.78 is 42.4. The van der Waals surface area contributed by atoms with Crippen LogP contribution in [-0.2, 0) is 24.3 Å². The third-order valence-electron chi connectivity index (χ3n) is 7.28. The van der Waals surface area contributed by atoms with Crippen molar-refractivity contribution in [2.75, 3.05) is 6.54 Å². The molecule has 0 fully saturated rings. The summed E-state index contributed by atoms with van der Waals surface area (Å²) in [4.78, 5) is 33.4. The van der Waals surface area contributed by atoms with Crippen LogP contribution in [0.1, 0.15) is 16.7 Å². The third kappa shape index (κ3) is 5.48. The fourth-order valence-electron chi connectivity index (χ4n) is 5.20. The molecule has 6 rings (SSSR count). The van der Waals surface area contributed by atoms with Crippen molar-refractivity contribution in [3.63, 3.8) is 0 Å². The molecular formula is C32H24F3N3O4. The summed E-state index contributed by atoms with van der Waals surface area (Å²) in [6.07, 6.45) is -3.01. The molecule has 5 aromatic rings. The number of aromatic nitrogens is 2. The average molecular weight is 572 g/mol. The van der Waals surface area contributed by atoms with Crippen LogP contribution >= 0.6 is 0 Å². The fourth-order valence-corrected chi connectivity index (χ4v) is 5.20. The first-order valence-corrected chi connectivity index (χ1v) is 13.2. The molecule has 1 aliphatic rings. The first-order chi connectivity index (χ1) is 20.2. The van der Waals surface area contributed by atoms with Crippen LogP contribution < -0.4 is 10.3 Å². The number of phenolic OH excluding ortho intramolecular Hbond substituents is 1. The zero-order chi connectivity index (χ0) is 29.4. The highest BCUT2D eigenvalue weighted by molar-refractivity contribution is 5.91. The van der Waals surface area contributed by atoms with Gasteiger partial charge in [-0.1, -0.05) is 54.6 Å². The molecule has 7 nitrogen and oxygen atoms in total. The van der Waals surface area contributed by atoms with E-state index >= 15 is 0 Å². The number of aromatic hydroxyl groups is 1. The van der Waals surface area contributed by atoms with E-state index in [0.29, 0.717) is 42.5 Å². The molecule has 0 bridgehead atoms. The van der Waals surface area contributed by atoms with E-state index < -0.39 is 23.6 Å². The topological polar surface area (TPSA) is 95.5 Å². The molecule has 2 aromatic heterocycles. The van der Waals surface area contributed by atoms with E-state index in [2.05, 4.69) is 14.6 Å². The summed E-state index contributed by atoms with van der Waals surface area (Å²) >= 11 is 0. The van der Waals surface area contributed by atoms with Crippen LogP contribution in [0.2, 0.25) is 0 Å². The smallest absolute Gasteiger partial charge is 0.491 e. The number of H-pyrrole nitrogens is 1. The Hall–Kier alpha value is -4.96. The lowest BCUT2D eigenvalue weighted by atomic mass is 9.96. The average Bonchev–Trinajstić information content (AvgIpc) is 2.98. The maximum atomic E-state index is 12.7. The van der Waals surface area contributed by atoms with Crippen molar-refractivity contribution >= 4 is 16.9 Å². The van der Waals surface area contributed by atoms with Gasteiger partial charge in [0.05, 0.1) is 16.6 Å². The van der Waals surface area contributed by atoms with Gasteiger partial charge in [-0.25, -0.2) is 9.78 Å². The first-order valence-electron chi connectivity index (χ1n) is 13.2. The Bertz CT molecular complexity index is 1850. The maximum Gasteiger partial charge on any atom is 0.491 e. The Morgan fingerprint density at radius 3 is 2.48 bits per heavy atom. The van der Waals surface area contributed by atoms with Gasteiger partial charge in [0, 0.05) is 37.0 Å². The van der Waals surface area contributed by atoms with E-state index in [4.69, 9.17) is 4.98 Å². The normalized spacial score (nSPS) is 13.6. The van der Waals surface area contributed by atoms with E-state index in [1.807, 2.05) is 60.7 Å². The number of carbonyl (C=O) groups excluding carboxylic acids is 1. The minimum atomic E-state index is -5.16. The van der Waals surface area contributed by atoms with Crippen molar-refractivity contribution in [3.8, 4) is 33.9 Å². The molecule has 3 heterocycles.